The first-order chi connectivity index (χ1) is 17.4. The molecule has 1 saturated heterocycles. The summed E-state index contributed by atoms with van der Waals surface area (Å²) in [6, 6.07) is 13.7. The van der Waals surface area contributed by atoms with E-state index in [-0.39, 0.29) is 11.7 Å². The van der Waals surface area contributed by atoms with Gasteiger partial charge in [-0.15, -0.1) is 11.3 Å². The fraction of sp³-hybridized carbons (Fsp3) is 0.280. The fourth-order valence-corrected chi connectivity index (χ4v) is 6.67. The monoisotopic (exact) mass is 525 g/mol. The summed E-state index contributed by atoms with van der Waals surface area (Å²) in [5.74, 6) is 0.976. The number of carbonyl (C=O) groups excluding carboxylic acids is 1. The number of hydrogen-bond donors (Lipinski definition) is 1. The molecule has 5 rings (SSSR count). The number of thiophene rings is 1. The summed E-state index contributed by atoms with van der Waals surface area (Å²) < 4.78 is 43.0. The van der Waals surface area contributed by atoms with Crippen LogP contribution in [0.5, 0.6) is 11.5 Å². The molecule has 1 aromatic heterocycles. The van der Waals surface area contributed by atoms with Crippen LogP contribution in [0.4, 0.5) is 5.00 Å². The van der Waals surface area contributed by atoms with Crippen molar-refractivity contribution >= 4 is 32.3 Å². The van der Waals surface area contributed by atoms with Gasteiger partial charge in [0.05, 0.1) is 23.7 Å². The smallest absolute Gasteiger partial charge is 0.256 e. The first-order valence-corrected chi connectivity index (χ1v) is 13.5. The SMILES string of the molecule is Cc1c(Cc2ccc3c(c2)OCO3)sc(NC(=O)c2ccc(S(=O)(=O)N3CCOCC3)cc2)c1C#N. The predicted molar refractivity (Wildman–Crippen MR) is 133 cm³/mol. The molecule has 2 aromatic carbocycles. The van der Waals surface area contributed by atoms with E-state index in [1.165, 1.54) is 39.9 Å². The minimum Gasteiger partial charge on any atom is -0.454 e. The Morgan fingerprint density at radius 3 is 2.56 bits per heavy atom. The number of amides is 1. The quantitative estimate of drug-likeness (QED) is 0.523. The third-order valence-electron chi connectivity index (χ3n) is 6.11. The maximum Gasteiger partial charge on any atom is 0.256 e. The first kappa shape index (κ1) is 24.3. The summed E-state index contributed by atoms with van der Waals surface area (Å²) >= 11 is 1.35. The lowest BCUT2D eigenvalue weighted by Gasteiger charge is -2.26. The molecule has 0 spiro atoms. The van der Waals surface area contributed by atoms with Gasteiger partial charge in [0.1, 0.15) is 11.1 Å². The molecule has 1 N–H and O–H groups in total. The molecule has 2 aliphatic heterocycles. The van der Waals surface area contributed by atoms with Crippen LogP contribution in [0.15, 0.2) is 47.4 Å². The maximum atomic E-state index is 12.9. The zero-order valence-electron chi connectivity index (χ0n) is 19.4. The van der Waals surface area contributed by atoms with Crippen LogP contribution >= 0.6 is 11.3 Å². The number of sulfonamides is 1. The average molecular weight is 526 g/mol. The van der Waals surface area contributed by atoms with Crippen LogP contribution in [0.3, 0.4) is 0 Å². The second-order valence-electron chi connectivity index (χ2n) is 8.33. The summed E-state index contributed by atoms with van der Waals surface area (Å²) in [5.41, 5.74) is 2.52. The van der Waals surface area contributed by atoms with Gasteiger partial charge in [0.2, 0.25) is 16.8 Å². The van der Waals surface area contributed by atoms with Gasteiger partial charge in [-0.3, -0.25) is 4.79 Å². The highest BCUT2D eigenvalue weighted by atomic mass is 32.2. The number of carbonyl (C=O) groups is 1. The molecule has 2 aliphatic rings. The van der Waals surface area contributed by atoms with Crippen LogP contribution in [0.2, 0.25) is 0 Å². The predicted octanol–water partition coefficient (Wildman–Crippen LogP) is 3.52. The Morgan fingerprint density at radius 1 is 1.11 bits per heavy atom. The molecule has 9 nitrogen and oxygen atoms in total. The Bertz CT molecular complexity index is 1450. The van der Waals surface area contributed by atoms with Gasteiger partial charge in [-0.2, -0.15) is 9.57 Å². The molecule has 0 radical (unpaired) electrons. The number of fused-ring (bicyclic) bond motifs is 1. The van der Waals surface area contributed by atoms with Crippen molar-refractivity contribution in [3.8, 4) is 17.6 Å². The number of hydrogen-bond acceptors (Lipinski definition) is 8. The maximum absolute atomic E-state index is 12.9. The molecular weight excluding hydrogens is 502 g/mol. The third-order valence-corrected chi connectivity index (χ3v) is 9.23. The van der Waals surface area contributed by atoms with Gasteiger partial charge in [0, 0.05) is 30.0 Å². The van der Waals surface area contributed by atoms with E-state index >= 15 is 0 Å². The Hall–Kier alpha value is -3.43. The molecule has 0 saturated carbocycles. The third kappa shape index (κ3) is 4.68. The van der Waals surface area contributed by atoms with Crippen LogP contribution in [-0.2, 0) is 21.2 Å². The topological polar surface area (TPSA) is 118 Å². The second kappa shape index (κ2) is 9.91. The van der Waals surface area contributed by atoms with E-state index in [1.54, 1.807) is 0 Å². The summed E-state index contributed by atoms with van der Waals surface area (Å²) in [5, 5.41) is 13.0. The molecule has 1 amide bonds. The summed E-state index contributed by atoms with van der Waals surface area (Å²) in [6.45, 7) is 3.38. The van der Waals surface area contributed by atoms with E-state index in [0.717, 1.165) is 16.0 Å². The van der Waals surface area contributed by atoms with Gasteiger partial charge in [0.25, 0.3) is 5.91 Å². The van der Waals surface area contributed by atoms with Gasteiger partial charge in [0.15, 0.2) is 11.5 Å². The molecule has 186 valence electrons. The van der Waals surface area contributed by atoms with Crippen LogP contribution in [-0.4, -0.2) is 51.7 Å². The minimum atomic E-state index is -3.65. The van der Waals surface area contributed by atoms with Crippen LogP contribution in [0, 0.1) is 18.3 Å². The number of anilines is 1. The first-order valence-electron chi connectivity index (χ1n) is 11.3. The lowest BCUT2D eigenvalue weighted by atomic mass is 10.1. The van der Waals surface area contributed by atoms with Crippen LogP contribution in [0.1, 0.15) is 31.9 Å². The van der Waals surface area contributed by atoms with E-state index in [2.05, 4.69) is 11.4 Å². The van der Waals surface area contributed by atoms with E-state index in [0.29, 0.717) is 60.4 Å². The minimum absolute atomic E-state index is 0.122. The highest BCUT2D eigenvalue weighted by Gasteiger charge is 2.26. The number of morpholine rings is 1. The Labute approximate surface area is 212 Å². The molecule has 36 heavy (non-hydrogen) atoms. The van der Waals surface area contributed by atoms with Gasteiger partial charge in [-0.1, -0.05) is 6.07 Å². The lowest BCUT2D eigenvalue weighted by Crippen LogP contribution is -2.40. The van der Waals surface area contributed by atoms with E-state index in [1.807, 2.05) is 25.1 Å². The fourth-order valence-electron chi connectivity index (χ4n) is 4.08. The Kier molecular flexibility index (Phi) is 6.68. The highest BCUT2D eigenvalue weighted by Crippen LogP contribution is 2.37. The van der Waals surface area contributed by atoms with Crippen molar-refractivity contribution in [3.63, 3.8) is 0 Å². The largest absolute Gasteiger partial charge is 0.454 e. The number of nitrogens with one attached hydrogen (secondary N) is 1. The lowest BCUT2D eigenvalue weighted by molar-refractivity contribution is 0.0730. The molecule has 0 unspecified atom stereocenters. The molecule has 3 heterocycles. The number of nitrogens with zero attached hydrogens (tertiary/aromatic N) is 2. The molecule has 1 fully saturated rings. The molecular formula is C25H23N3O6S2. The van der Waals surface area contributed by atoms with Crippen LogP contribution < -0.4 is 14.8 Å². The van der Waals surface area contributed by atoms with Crippen molar-refractivity contribution < 1.29 is 27.4 Å². The summed E-state index contributed by atoms with van der Waals surface area (Å²) in [7, 11) is -3.65. The number of nitriles is 1. The van der Waals surface area contributed by atoms with Crippen LogP contribution in [0.25, 0.3) is 0 Å². The average Bonchev–Trinajstić information content (AvgIpc) is 3.48. The van der Waals surface area contributed by atoms with Crippen molar-refractivity contribution in [2.24, 2.45) is 0 Å². The summed E-state index contributed by atoms with van der Waals surface area (Å²) in [6.07, 6.45) is 0.575. The molecule has 0 atom stereocenters. The van der Waals surface area contributed by atoms with E-state index in [4.69, 9.17) is 14.2 Å². The molecule has 3 aromatic rings. The number of ether oxygens (including phenoxy) is 3. The van der Waals surface area contributed by atoms with Crippen molar-refractivity contribution in [1.82, 2.24) is 4.31 Å². The number of rotatable bonds is 6. The zero-order chi connectivity index (χ0) is 25.3. The van der Waals surface area contributed by atoms with Crippen molar-refractivity contribution in [2.45, 2.75) is 18.2 Å². The van der Waals surface area contributed by atoms with E-state index < -0.39 is 15.9 Å². The van der Waals surface area contributed by atoms with E-state index in [9.17, 15) is 18.5 Å². The van der Waals surface area contributed by atoms with Gasteiger partial charge >= 0.3 is 0 Å². The highest BCUT2D eigenvalue weighted by molar-refractivity contribution is 7.89. The second-order valence-corrected chi connectivity index (χ2v) is 11.4. The normalized spacial score (nSPS) is 15.4. The molecule has 0 aliphatic carbocycles. The standard InChI is InChI=1S/C25H23N3O6S2/c1-16-20(14-26)25(35-23(16)13-17-2-7-21-22(12-17)34-15-33-21)27-24(29)18-3-5-19(6-4-18)36(30,31)28-8-10-32-11-9-28/h2-7,12H,8-11,13,15H2,1H3,(H,27,29). The van der Waals surface area contributed by atoms with Gasteiger partial charge < -0.3 is 19.5 Å². The number of benzene rings is 2. The zero-order valence-corrected chi connectivity index (χ0v) is 21.1. The Balaban J connectivity index is 1.32. The van der Waals surface area contributed by atoms with Crippen molar-refractivity contribution in [2.75, 3.05) is 38.4 Å². The molecule has 11 heteroatoms. The van der Waals surface area contributed by atoms with Gasteiger partial charge in [-0.25, -0.2) is 8.42 Å². The Morgan fingerprint density at radius 2 is 1.83 bits per heavy atom. The van der Waals surface area contributed by atoms with Crippen molar-refractivity contribution in [1.29, 1.82) is 5.26 Å². The summed E-state index contributed by atoms with van der Waals surface area (Å²) in [4.78, 5) is 14.0. The van der Waals surface area contributed by atoms with Gasteiger partial charge in [-0.05, 0) is 54.4 Å². The van der Waals surface area contributed by atoms with Crippen molar-refractivity contribution in [3.05, 3.63) is 69.6 Å². The molecule has 0 bridgehead atoms.